The molecule has 3 fully saturated rings. The second-order valence-electron chi connectivity index (χ2n) is 8.44. The molecule has 1 unspecified atom stereocenters. The van der Waals surface area contributed by atoms with E-state index in [4.69, 9.17) is 14.5 Å². The van der Waals surface area contributed by atoms with Crippen molar-refractivity contribution < 1.29 is 9.47 Å². The number of hydrogen-bond acceptors (Lipinski definition) is 6. The number of ether oxygens (including phenoxy) is 2. The molecule has 3 heterocycles. The zero-order chi connectivity index (χ0) is 21.5. The molecule has 0 aromatic heterocycles. The molecule has 1 N–H and O–H groups in total. The van der Waals surface area contributed by atoms with Crippen LogP contribution in [0.15, 0.2) is 29.3 Å². The molecule has 172 valence electrons. The van der Waals surface area contributed by atoms with E-state index < -0.39 is 0 Å². The van der Waals surface area contributed by atoms with Crippen molar-refractivity contribution in [1.82, 2.24) is 15.1 Å². The van der Waals surface area contributed by atoms with E-state index in [9.17, 15) is 0 Å². The Bertz CT molecular complexity index is 726. The number of aliphatic imine (C=N–C) groups is 1. The van der Waals surface area contributed by atoms with Crippen LogP contribution in [0.25, 0.3) is 0 Å². The van der Waals surface area contributed by atoms with Crippen LogP contribution in [0, 0.1) is 0 Å². The Labute approximate surface area is 191 Å². The number of para-hydroxylation sites is 2. The number of methoxy groups -OCH3 is 1. The van der Waals surface area contributed by atoms with E-state index in [1.807, 2.05) is 12.1 Å². The van der Waals surface area contributed by atoms with Crippen molar-refractivity contribution >= 4 is 23.4 Å². The molecule has 3 aliphatic rings. The number of nitrogens with zero attached hydrogens (tertiary/aromatic N) is 4. The van der Waals surface area contributed by atoms with Gasteiger partial charge in [-0.3, -0.25) is 9.89 Å². The summed E-state index contributed by atoms with van der Waals surface area (Å²) in [6, 6.07) is 8.30. The highest BCUT2D eigenvalue weighted by Gasteiger charge is 2.40. The van der Waals surface area contributed by atoms with E-state index in [1.54, 1.807) is 7.11 Å². The van der Waals surface area contributed by atoms with Gasteiger partial charge in [0.05, 0.1) is 38.1 Å². The third-order valence-electron chi connectivity index (χ3n) is 6.63. The number of anilines is 1. The summed E-state index contributed by atoms with van der Waals surface area (Å²) in [4.78, 5) is 12.7. The number of nitrogens with one attached hydrogen (secondary N) is 1. The average molecular weight is 448 g/mol. The van der Waals surface area contributed by atoms with E-state index >= 15 is 0 Å². The number of guanidine groups is 1. The van der Waals surface area contributed by atoms with Crippen molar-refractivity contribution in [2.75, 3.05) is 89.1 Å². The average Bonchev–Trinajstić information content (AvgIpc) is 3.33. The van der Waals surface area contributed by atoms with Crippen molar-refractivity contribution in [3.8, 4) is 5.75 Å². The molecule has 1 aromatic carbocycles. The molecule has 3 aliphatic heterocycles. The summed E-state index contributed by atoms with van der Waals surface area (Å²) < 4.78 is 11.2. The molecule has 8 heteroatoms. The zero-order valence-electron chi connectivity index (χ0n) is 19.0. The minimum atomic E-state index is 0.189. The first kappa shape index (κ1) is 22.6. The molecule has 0 amide bonds. The predicted octanol–water partition coefficient (Wildman–Crippen LogP) is 1.99. The fourth-order valence-corrected chi connectivity index (χ4v) is 6.27. The number of benzene rings is 1. The Balaban J connectivity index is 1.42. The van der Waals surface area contributed by atoms with Crippen LogP contribution in [-0.2, 0) is 4.74 Å². The van der Waals surface area contributed by atoms with Crippen molar-refractivity contribution in [3.63, 3.8) is 0 Å². The third kappa shape index (κ3) is 5.23. The topological polar surface area (TPSA) is 52.6 Å². The number of hydrogen-bond donors (Lipinski definition) is 1. The zero-order valence-corrected chi connectivity index (χ0v) is 19.8. The lowest BCUT2D eigenvalue weighted by Gasteiger charge is -2.42. The van der Waals surface area contributed by atoms with Gasteiger partial charge in [0, 0.05) is 51.6 Å². The summed E-state index contributed by atoms with van der Waals surface area (Å²) in [6.07, 6.45) is 1.22. The molecule has 31 heavy (non-hydrogen) atoms. The first-order valence-corrected chi connectivity index (χ1v) is 12.7. The smallest absolute Gasteiger partial charge is 0.194 e. The molecule has 0 radical (unpaired) electrons. The minimum absolute atomic E-state index is 0.189. The monoisotopic (exact) mass is 447 g/mol. The van der Waals surface area contributed by atoms with Crippen molar-refractivity contribution in [2.24, 2.45) is 4.99 Å². The van der Waals surface area contributed by atoms with Gasteiger partial charge in [0.25, 0.3) is 0 Å². The van der Waals surface area contributed by atoms with E-state index in [0.717, 1.165) is 77.3 Å². The number of piperazine rings is 1. The standard InChI is InChI=1S/C23H37N5O2S/c1-3-24-22(25-18-23(8-17-31-19-23)28-13-15-30-16-14-28)27-11-9-26(10-12-27)20-6-4-5-7-21(20)29-2/h4-7H,3,8-19H2,1-2H3,(H,24,25). The second-order valence-corrected chi connectivity index (χ2v) is 9.55. The number of thioether (sulfide) groups is 1. The van der Waals surface area contributed by atoms with Gasteiger partial charge >= 0.3 is 0 Å². The highest BCUT2D eigenvalue weighted by atomic mass is 32.2. The van der Waals surface area contributed by atoms with Crippen LogP contribution in [0.1, 0.15) is 13.3 Å². The highest BCUT2D eigenvalue weighted by molar-refractivity contribution is 7.99. The largest absolute Gasteiger partial charge is 0.495 e. The Hall–Kier alpha value is -1.64. The molecule has 3 saturated heterocycles. The van der Waals surface area contributed by atoms with Gasteiger partial charge in [-0.05, 0) is 31.2 Å². The summed E-state index contributed by atoms with van der Waals surface area (Å²) >= 11 is 2.07. The van der Waals surface area contributed by atoms with Crippen LogP contribution in [0.4, 0.5) is 5.69 Å². The highest BCUT2D eigenvalue weighted by Crippen LogP contribution is 2.34. The molecular weight excluding hydrogens is 410 g/mol. The van der Waals surface area contributed by atoms with Gasteiger partial charge in [-0.2, -0.15) is 11.8 Å². The number of morpholine rings is 1. The van der Waals surface area contributed by atoms with E-state index in [0.29, 0.717) is 0 Å². The van der Waals surface area contributed by atoms with Gasteiger partial charge in [-0.25, -0.2) is 0 Å². The molecule has 0 spiro atoms. The summed E-state index contributed by atoms with van der Waals surface area (Å²) in [5, 5.41) is 3.56. The van der Waals surface area contributed by atoms with Crippen LogP contribution in [0.5, 0.6) is 5.75 Å². The normalized spacial score (nSPS) is 25.7. The maximum absolute atomic E-state index is 5.61. The van der Waals surface area contributed by atoms with Gasteiger partial charge in [0.1, 0.15) is 5.75 Å². The molecule has 1 aromatic rings. The predicted molar refractivity (Wildman–Crippen MR) is 130 cm³/mol. The fraction of sp³-hybridized carbons (Fsp3) is 0.696. The summed E-state index contributed by atoms with van der Waals surface area (Å²) in [6.45, 7) is 11.5. The third-order valence-corrected chi connectivity index (χ3v) is 7.86. The Morgan fingerprint density at radius 3 is 2.61 bits per heavy atom. The Morgan fingerprint density at radius 2 is 1.94 bits per heavy atom. The van der Waals surface area contributed by atoms with Gasteiger partial charge in [-0.1, -0.05) is 12.1 Å². The van der Waals surface area contributed by atoms with Gasteiger partial charge in [0.2, 0.25) is 0 Å². The molecule has 0 aliphatic carbocycles. The van der Waals surface area contributed by atoms with Gasteiger partial charge < -0.3 is 24.6 Å². The lowest BCUT2D eigenvalue weighted by atomic mass is 9.96. The second kappa shape index (κ2) is 10.8. The lowest BCUT2D eigenvalue weighted by molar-refractivity contribution is -0.0105. The fourth-order valence-electron chi connectivity index (χ4n) is 4.81. The Kier molecular flexibility index (Phi) is 7.85. The van der Waals surface area contributed by atoms with Crippen LogP contribution < -0.4 is 15.0 Å². The quantitative estimate of drug-likeness (QED) is 0.529. The molecular formula is C23H37N5O2S. The lowest BCUT2D eigenvalue weighted by Crippen LogP contribution is -2.57. The maximum atomic E-state index is 5.61. The van der Waals surface area contributed by atoms with Gasteiger partial charge in [-0.15, -0.1) is 0 Å². The van der Waals surface area contributed by atoms with Crippen molar-refractivity contribution in [1.29, 1.82) is 0 Å². The summed E-state index contributed by atoms with van der Waals surface area (Å²) in [5.41, 5.74) is 1.37. The molecule has 4 rings (SSSR count). The van der Waals surface area contributed by atoms with E-state index in [2.05, 4.69) is 50.8 Å². The first-order chi connectivity index (χ1) is 15.3. The molecule has 0 saturated carbocycles. The summed E-state index contributed by atoms with van der Waals surface area (Å²) in [5.74, 6) is 4.42. The molecule has 1 atom stereocenters. The maximum Gasteiger partial charge on any atom is 0.194 e. The minimum Gasteiger partial charge on any atom is -0.495 e. The van der Waals surface area contributed by atoms with E-state index in [1.165, 1.54) is 23.6 Å². The first-order valence-electron chi connectivity index (χ1n) is 11.6. The van der Waals surface area contributed by atoms with Crippen LogP contribution in [0.3, 0.4) is 0 Å². The van der Waals surface area contributed by atoms with Crippen molar-refractivity contribution in [3.05, 3.63) is 24.3 Å². The van der Waals surface area contributed by atoms with Crippen molar-refractivity contribution in [2.45, 2.75) is 18.9 Å². The van der Waals surface area contributed by atoms with Gasteiger partial charge in [0.15, 0.2) is 5.96 Å². The molecule has 7 nitrogen and oxygen atoms in total. The number of rotatable bonds is 6. The molecule has 0 bridgehead atoms. The van der Waals surface area contributed by atoms with Crippen LogP contribution >= 0.6 is 11.8 Å². The summed E-state index contributed by atoms with van der Waals surface area (Å²) in [7, 11) is 1.75. The SMILES string of the molecule is CCNC(=NCC1(N2CCOCC2)CCSC1)N1CCN(c2ccccc2OC)CC1. The Morgan fingerprint density at radius 1 is 1.16 bits per heavy atom. The van der Waals surface area contributed by atoms with Crippen LogP contribution in [0.2, 0.25) is 0 Å². The van der Waals surface area contributed by atoms with Crippen LogP contribution in [-0.4, -0.2) is 105 Å². The van der Waals surface area contributed by atoms with E-state index in [-0.39, 0.29) is 5.54 Å².